The number of benzene rings is 1. The minimum Gasteiger partial charge on any atom is -0.496 e. The minimum absolute atomic E-state index is 0.122. The highest BCUT2D eigenvalue weighted by atomic mass is 32.2. The molecule has 0 radical (unpaired) electrons. The van der Waals surface area contributed by atoms with Crippen molar-refractivity contribution in [3.63, 3.8) is 0 Å². The molecule has 0 saturated heterocycles. The van der Waals surface area contributed by atoms with Crippen LogP contribution in [-0.4, -0.2) is 38.8 Å². The van der Waals surface area contributed by atoms with Crippen molar-refractivity contribution in [2.45, 2.75) is 18.7 Å². The Morgan fingerprint density at radius 2 is 2.07 bits per heavy atom. The van der Waals surface area contributed by atoms with Crippen LogP contribution in [0.25, 0.3) is 11.1 Å². The van der Waals surface area contributed by atoms with Crippen LogP contribution in [0.3, 0.4) is 0 Å². The maximum absolute atomic E-state index is 13.1. The number of anilines is 1. The van der Waals surface area contributed by atoms with Gasteiger partial charge in [0, 0.05) is 24.0 Å². The van der Waals surface area contributed by atoms with E-state index in [-0.39, 0.29) is 18.0 Å². The van der Waals surface area contributed by atoms with Crippen LogP contribution in [0.15, 0.2) is 46.1 Å². The van der Waals surface area contributed by atoms with Crippen molar-refractivity contribution >= 4 is 15.7 Å². The molecule has 0 spiro atoms. The quantitative estimate of drug-likeness (QED) is 0.663. The molecule has 0 atom stereocenters. The van der Waals surface area contributed by atoms with Crippen molar-refractivity contribution in [2.24, 2.45) is 0 Å². The first kappa shape index (κ1) is 18.3. The van der Waals surface area contributed by atoms with E-state index in [2.05, 4.69) is 10.1 Å². The molecule has 2 aromatic heterocycles. The number of hydrogen-bond acceptors (Lipinski definition) is 7. The highest BCUT2D eigenvalue weighted by molar-refractivity contribution is 7.92. The van der Waals surface area contributed by atoms with Crippen molar-refractivity contribution in [2.75, 3.05) is 24.6 Å². The maximum Gasteiger partial charge on any atom is 0.266 e. The van der Waals surface area contributed by atoms with Crippen molar-refractivity contribution in [3.8, 4) is 22.6 Å². The molecule has 1 aliphatic heterocycles. The van der Waals surface area contributed by atoms with Gasteiger partial charge in [-0.1, -0.05) is 5.16 Å². The molecular weight excluding hydrogens is 382 g/mol. The van der Waals surface area contributed by atoms with Crippen LogP contribution in [0.2, 0.25) is 0 Å². The zero-order valence-corrected chi connectivity index (χ0v) is 16.5. The van der Waals surface area contributed by atoms with E-state index in [1.54, 1.807) is 18.2 Å². The molecule has 0 bridgehead atoms. The van der Waals surface area contributed by atoms with Gasteiger partial charge in [0.05, 0.1) is 30.6 Å². The standard InChI is InChI=1S/C19H19N3O5S/c1-12-19(13(2)27-21-12)15-9-18-16(10-17(15)25-3)22(7-8-26-18)28(23,24)14-5-4-6-20-11-14/h4-6,9-11H,7-8H2,1-3H3. The molecule has 0 N–H and O–H groups in total. The minimum atomic E-state index is -3.78. The number of hydrogen-bond donors (Lipinski definition) is 0. The summed E-state index contributed by atoms with van der Waals surface area (Å²) in [5, 5.41) is 3.99. The Labute approximate surface area is 162 Å². The Balaban J connectivity index is 1.87. The summed E-state index contributed by atoms with van der Waals surface area (Å²) in [4.78, 5) is 4.05. The summed E-state index contributed by atoms with van der Waals surface area (Å²) >= 11 is 0. The number of pyridine rings is 1. The smallest absolute Gasteiger partial charge is 0.266 e. The topological polar surface area (TPSA) is 94.8 Å². The van der Waals surface area contributed by atoms with E-state index in [0.717, 1.165) is 11.1 Å². The lowest BCUT2D eigenvalue weighted by Gasteiger charge is -2.31. The SMILES string of the molecule is COc1cc2c(cc1-c1c(C)noc1C)OCCN2S(=O)(=O)c1cccnc1. The van der Waals surface area contributed by atoms with Gasteiger partial charge in [-0.05, 0) is 32.0 Å². The summed E-state index contributed by atoms with van der Waals surface area (Å²) in [5.74, 6) is 1.60. The number of sulfonamides is 1. The Morgan fingerprint density at radius 3 is 2.71 bits per heavy atom. The molecular formula is C19H19N3O5S. The molecule has 1 aliphatic rings. The number of ether oxygens (including phenoxy) is 2. The largest absolute Gasteiger partial charge is 0.496 e. The summed E-state index contributed by atoms with van der Waals surface area (Å²) in [6, 6.07) is 6.55. The van der Waals surface area contributed by atoms with Crippen LogP contribution < -0.4 is 13.8 Å². The van der Waals surface area contributed by atoms with Gasteiger partial charge in [0.15, 0.2) is 0 Å². The van der Waals surface area contributed by atoms with E-state index in [9.17, 15) is 8.42 Å². The third-order valence-corrected chi connectivity index (χ3v) is 6.42. The van der Waals surface area contributed by atoms with E-state index in [0.29, 0.717) is 28.6 Å². The van der Waals surface area contributed by atoms with Crippen LogP contribution in [0.5, 0.6) is 11.5 Å². The van der Waals surface area contributed by atoms with E-state index in [1.807, 2.05) is 13.8 Å². The summed E-state index contributed by atoms with van der Waals surface area (Å²) in [6.07, 6.45) is 2.87. The summed E-state index contributed by atoms with van der Waals surface area (Å²) in [7, 11) is -2.24. The molecule has 0 saturated carbocycles. The number of fused-ring (bicyclic) bond motifs is 1. The fraction of sp³-hybridized carbons (Fsp3) is 0.263. The Morgan fingerprint density at radius 1 is 1.25 bits per heavy atom. The molecule has 0 aliphatic carbocycles. The average molecular weight is 401 g/mol. The molecule has 28 heavy (non-hydrogen) atoms. The van der Waals surface area contributed by atoms with Gasteiger partial charge in [-0.3, -0.25) is 9.29 Å². The van der Waals surface area contributed by atoms with Crippen molar-refractivity contribution in [1.82, 2.24) is 10.1 Å². The lowest BCUT2D eigenvalue weighted by molar-refractivity contribution is 0.315. The first-order valence-corrected chi connectivity index (χ1v) is 10.1. The summed E-state index contributed by atoms with van der Waals surface area (Å²) in [6.45, 7) is 4.08. The van der Waals surface area contributed by atoms with Gasteiger partial charge in [0.2, 0.25) is 0 Å². The molecule has 1 aromatic carbocycles. The third-order valence-electron chi connectivity index (χ3n) is 4.63. The van der Waals surface area contributed by atoms with Gasteiger partial charge in [-0.2, -0.15) is 0 Å². The molecule has 3 heterocycles. The molecule has 146 valence electrons. The lowest BCUT2D eigenvalue weighted by atomic mass is 10.0. The van der Waals surface area contributed by atoms with E-state index in [1.165, 1.54) is 29.9 Å². The maximum atomic E-state index is 13.1. The first-order chi connectivity index (χ1) is 13.4. The Hall–Kier alpha value is -3.07. The highest BCUT2D eigenvalue weighted by Gasteiger charge is 2.32. The predicted octanol–water partition coefficient (Wildman–Crippen LogP) is 2.95. The average Bonchev–Trinajstić information content (AvgIpc) is 3.05. The van der Waals surface area contributed by atoms with Gasteiger partial charge in [-0.25, -0.2) is 8.42 Å². The zero-order valence-electron chi connectivity index (χ0n) is 15.7. The predicted molar refractivity (Wildman–Crippen MR) is 102 cm³/mol. The van der Waals surface area contributed by atoms with Crippen molar-refractivity contribution in [1.29, 1.82) is 0 Å². The summed E-state index contributed by atoms with van der Waals surface area (Å²) < 4.78 is 44.2. The van der Waals surface area contributed by atoms with E-state index >= 15 is 0 Å². The summed E-state index contributed by atoms with van der Waals surface area (Å²) in [5.41, 5.74) is 2.67. The fourth-order valence-corrected chi connectivity index (χ4v) is 4.74. The second kappa shape index (κ2) is 6.83. The third kappa shape index (κ3) is 2.88. The number of aryl methyl sites for hydroxylation is 2. The molecule has 0 unspecified atom stereocenters. The van der Waals surface area contributed by atoms with Crippen LogP contribution >= 0.6 is 0 Å². The van der Waals surface area contributed by atoms with E-state index in [4.69, 9.17) is 14.0 Å². The number of rotatable bonds is 4. The fourth-order valence-electron chi connectivity index (χ4n) is 3.33. The highest BCUT2D eigenvalue weighted by Crippen LogP contribution is 2.45. The Bertz CT molecular complexity index is 1110. The van der Waals surface area contributed by atoms with Gasteiger partial charge < -0.3 is 14.0 Å². The molecule has 0 fully saturated rings. The van der Waals surface area contributed by atoms with Gasteiger partial charge in [0.25, 0.3) is 10.0 Å². The van der Waals surface area contributed by atoms with Gasteiger partial charge in [-0.15, -0.1) is 0 Å². The monoisotopic (exact) mass is 401 g/mol. The number of methoxy groups -OCH3 is 1. The molecule has 9 heteroatoms. The van der Waals surface area contributed by atoms with Gasteiger partial charge in [0.1, 0.15) is 28.8 Å². The normalized spacial score (nSPS) is 13.8. The molecule has 0 amide bonds. The molecule has 4 rings (SSSR count). The molecule has 8 nitrogen and oxygen atoms in total. The first-order valence-electron chi connectivity index (χ1n) is 8.64. The van der Waals surface area contributed by atoms with Crippen molar-refractivity contribution in [3.05, 3.63) is 48.1 Å². The van der Waals surface area contributed by atoms with Crippen LogP contribution in [-0.2, 0) is 10.0 Å². The lowest BCUT2D eigenvalue weighted by Crippen LogP contribution is -2.38. The Kier molecular flexibility index (Phi) is 4.46. The van der Waals surface area contributed by atoms with Gasteiger partial charge >= 0.3 is 0 Å². The van der Waals surface area contributed by atoms with Crippen LogP contribution in [0, 0.1) is 13.8 Å². The van der Waals surface area contributed by atoms with Crippen molar-refractivity contribution < 1.29 is 22.4 Å². The molecule has 3 aromatic rings. The van der Waals surface area contributed by atoms with Crippen LogP contribution in [0.4, 0.5) is 5.69 Å². The van der Waals surface area contributed by atoms with E-state index < -0.39 is 10.0 Å². The number of nitrogens with zero attached hydrogens (tertiary/aromatic N) is 3. The second-order valence-corrected chi connectivity index (χ2v) is 8.20. The second-order valence-electron chi connectivity index (χ2n) is 6.33. The van der Waals surface area contributed by atoms with Crippen LogP contribution in [0.1, 0.15) is 11.5 Å². The zero-order chi connectivity index (χ0) is 19.9. The number of aromatic nitrogens is 2.